The fourth-order valence-electron chi connectivity index (χ4n) is 1.46. The summed E-state index contributed by atoms with van der Waals surface area (Å²) in [4.78, 5) is 22.9. The smallest absolute Gasteiger partial charge is 0.339 e. The van der Waals surface area contributed by atoms with Crippen molar-refractivity contribution in [1.82, 2.24) is 0 Å². The van der Waals surface area contributed by atoms with Crippen LogP contribution in [-0.2, 0) is 4.74 Å². The van der Waals surface area contributed by atoms with Crippen molar-refractivity contribution in [3.05, 3.63) is 29.3 Å². The molecule has 1 rings (SSSR count). The number of hydrogen-bond donors (Lipinski definition) is 1. The highest BCUT2D eigenvalue weighted by atomic mass is 28.4. The maximum absolute atomic E-state index is 11.5. The molecule has 0 aromatic heterocycles. The van der Waals surface area contributed by atoms with Crippen molar-refractivity contribution in [2.45, 2.75) is 38.9 Å². The summed E-state index contributed by atoms with van der Waals surface area (Å²) in [5, 5.41) is 9.28. The Labute approximate surface area is 126 Å². The summed E-state index contributed by atoms with van der Waals surface area (Å²) >= 11 is 0. The van der Waals surface area contributed by atoms with Gasteiger partial charge in [0.1, 0.15) is 11.3 Å². The fraction of sp³-hybridized carbons (Fsp3) is 0.467. The zero-order valence-electron chi connectivity index (χ0n) is 13.3. The molecule has 0 bridgehead atoms. The van der Waals surface area contributed by atoms with Gasteiger partial charge in [-0.05, 0) is 36.3 Å². The molecule has 21 heavy (non-hydrogen) atoms. The van der Waals surface area contributed by atoms with Crippen LogP contribution in [0.5, 0.6) is 5.75 Å². The van der Waals surface area contributed by atoms with E-state index in [-0.39, 0.29) is 16.2 Å². The van der Waals surface area contributed by atoms with Gasteiger partial charge in [-0.15, -0.1) is 0 Å². The minimum absolute atomic E-state index is 0.0253. The molecule has 0 radical (unpaired) electrons. The summed E-state index contributed by atoms with van der Waals surface area (Å²) < 4.78 is 10.6. The van der Waals surface area contributed by atoms with Gasteiger partial charge in [0, 0.05) is 0 Å². The first kappa shape index (κ1) is 17.2. The van der Waals surface area contributed by atoms with Crippen molar-refractivity contribution < 1.29 is 23.9 Å². The maximum atomic E-state index is 11.5. The number of carboxylic acid groups (broad SMARTS) is 1. The van der Waals surface area contributed by atoms with Crippen LogP contribution < -0.4 is 4.43 Å². The van der Waals surface area contributed by atoms with E-state index >= 15 is 0 Å². The molecule has 0 atom stereocenters. The second kappa shape index (κ2) is 5.89. The number of benzene rings is 1. The van der Waals surface area contributed by atoms with Gasteiger partial charge >= 0.3 is 11.9 Å². The van der Waals surface area contributed by atoms with Gasteiger partial charge in [-0.25, -0.2) is 9.59 Å². The standard InChI is InChI=1S/C15H22O5Si/c1-15(2,3)21(5,6)20-12-8-7-10(14(18)19-4)9-11(12)13(16)17/h7-9H,1-6H3,(H,16,17). The Hall–Kier alpha value is -1.82. The summed E-state index contributed by atoms with van der Waals surface area (Å²) in [5.41, 5.74) is 0.167. The van der Waals surface area contributed by atoms with E-state index in [1.807, 2.05) is 13.1 Å². The Morgan fingerprint density at radius 2 is 1.76 bits per heavy atom. The first-order chi connectivity index (χ1) is 9.49. The molecule has 1 N–H and O–H groups in total. The second-order valence-electron chi connectivity index (χ2n) is 6.37. The zero-order valence-corrected chi connectivity index (χ0v) is 14.3. The lowest BCUT2D eigenvalue weighted by molar-refractivity contribution is 0.0600. The van der Waals surface area contributed by atoms with E-state index in [2.05, 4.69) is 25.5 Å². The molecule has 0 fully saturated rings. The van der Waals surface area contributed by atoms with Crippen LogP contribution in [-0.4, -0.2) is 32.5 Å². The lowest BCUT2D eigenvalue weighted by Gasteiger charge is -2.36. The van der Waals surface area contributed by atoms with Gasteiger partial charge in [-0.1, -0.05) is 20.8 Å². The van der Waals surface area contributed by atoms with Crippen LogP contribution in [0.4, 0.5) is 0 Å². The predicted octanol–water partition coefficient (Wildman–Crippen LogP) is 3.56. The van der Waals surface area contributed by atoms with E-state index in [1.54, 1.807) is 0 Å². The highest BCUT2D eigenvalue weighted by molar-refractivity contribution is 6.74. The Bertz CT molecular complexity index is 558. The number of carboxylic acids is 1. The number of hydrogen-bond acceptors (Lipinski definition) is 4. The van der Waals surface area contributed by atoms with E-state index in [0.29, 0.717) is 5.75 Å². The van der Waals surface area contributed by atoms with Gasteiger partial charge in [0.05, 0.1) is 12.7 Å². The molecule has 0 aliphatic carbocycles. The maximum Gasteiger partial charge on any atom is 0.339 e. The fourth-order valence-corrected chi connectivity index (χ4v) is 2.49. The summed E-state index contributed by atoms with van der Waals surface area (Å²) in [5.74, 6) is -1.41. The minimum Gasteiger partial charge on any atom is -0.543 e. The van der Waals surface area contributed by atoms with E-state index in [1.165, 1.54) is 25.3 Å². The van der Waals surface area contributed by atoms with Crippen LogP contribution >= 0.6 is 0 Å². The van der Waals surface area contributed by atoms with Crippen molar-refractivity contribution in [2.75, 3.05) is 7.11 Å². The minimum atomic E-state index is -2.16. The van der Waals surface area contributed by atoms with Crippen LogP contribution in [0.3, 0.4) is 0 Å². The van der Waals surface area contributed by atoms with Crippen LogP contribution in [0.25, 0.3) is 0 Å². The van der Waals surface area contributed by atoms with Gasteiger partial charge in [0.25, 0.3) is 8.32 Å². The Balaban J connectivity index is 3.25. The summed E-state index contributed by atoms with van der Waals surface area (Å²) in [6.45, 7) is 10.3. The molecule has 0 spiro atoms. The van der Waals surface area contributed by atoms with E-state index in [9.17, 15) is 14.7 Å². The quantitative estimate of drug-likeness (QED) is 0.680. The van der Waals surface area contributed by atoms with Crippen molar-refractivity contribution in [3.63, 3.8) is 0 Å². The Morgan fingerprint density at radius 3 is 2.19 bits per heavy atom. The molecule has 0 saturated carbocycles. The van der Waals surface area contributed by atoms with E-state index in [0.717, 1.165) is 0 Å². The van der Waals surface area contributed by atoms with Crippen molar-refractivity contribution in [1.29, 1.82) is 0 Å². The Morgan fingerprint density at radius 1 is 1.19 bits per heavy atom. The number of methoxy groups -OCH3 is 1. The normalized spacial score (nSPS) is 11.9. The lowest BCUT2D eigenvalue weighted by atomic mass is 10.1. The van der Waals surface area contributed by atoms with E-state index in [4.69, 9.17) is 4.43 Å². The number of carbonyl (C=O) groups is 2. The lowest BCUT2D eigenvalue weighted by Crippen LogP contribution is -2.44. The van der Waals surface area contributed by atoms with Crippen LogP contribution in [0, 0.1) is 0 Å². The van der Waals surface area contributed by atoms with Gasteiger partial charge in [0.15, 0.2) is 0 Å². The highest BCUT2D eigenvalue weighted by Crippen LogP contribution is 2.38. The number of carbonyl (C=O) groups excluding carboxylic acids is 1. The third-order valence-corrected chi connectivity index (χ3v) is 8.14. The first-order valence-electron chi connectivity index (χ1n) is 6.64. The summed E-state index contributed by atoms with van der Waals surface area (Å²) in [6.07, 6.45) is 0. The molecule has 1 aromatic carbocycles. The largest absolute Gasteiger partial charge is 0.543 e. The van der Waals surface area contributed by atoms with Gasteiger partial charge < -0.3 is 14.3 Å². The van der Waals surface area contributed by atoms with Crippen LogP contribution in [0.15, 0.2) is 18.2 Å². The molecule has 6 heteroatoms. The number of aromatic carboxylic acids is 1. The first-order valence-corrected chi connectivity index (χ1v) is 9.55. The van der Waals surface area contributed by atoms with Crippen LogP contribution in [0.2, 0.25) is 18.1 Å². The molecule has 0 amide bonds. The second-order valence-corrected chi connectivity index (χ2v) is 11.1. The molecule has 0 unspecified atom stereocenters. The van der Waals surface area contributed by atoms with Gasteiger partial charge in [-0.3, -0.25) is 0 Å². The van der Waals surface area contributed by atoms with Crippen molar-refractivity contribution >= 4 is 20.3 Å². The Kier molecular flexibility index (Phi) is 4.83. The summed E-state index contributed by atoms with van der Waals surface area (Å²) in [7, 11) is -0.903. The SMILES string of the molecule is COC(=O)c1ccc(O[Si](C)(C)C(C)(C)C)c(C(=O)O)c1. The monoisotopic (exact) mass is 310 g/mol. The third-order valence-electron chi connectivity index (χ3n) is 3.80. The average molecular weight is 310 g/mol. The molecule has 0 aliphatic rings. The average Bonchev–Trinajstić information content (AvgIpc) is 2.36. The van der Waals surface area contributed by atoms with Gasteiger partial charge in [0.2, 0.25) is 0 Å². The van der Waals surface area contributed by atoms with E-state index < -0.39 is 20.3 Å². The highest BCUT2D eigenvalue weighted by Gasteiger charge is 2.39. The molecule has 0 saturated heterocycles. The van der Waals surface area contributed by atoms with Crippen molar-refractivity contribution in [2.24, 2.45) is 0 Å². The number of ether oxygens (including phenoxy) is 1. The number of rotatable bonds is 4. The summed E-state index contributed by atoms with van der Waals surface area (Å²) in [6, 6.07) is 4.33. The van der Waals surface area contributed by atoms with Gasteiger partial charge in [-0.2, -0.15) is 0 Å². The molecule has 1 aromatic rings. The molecule has 0 aliphatic heterocycles. The molecular weight excluding hydrogens is 288 g/mol. The molecule has 0 heterocycles. The predicted molar refractivity (Wildman–Crippen MR) is 82.6 cm³/mol. The molecular formula is C15H22O5Si. The van der Waals surface area contributed by atoms with Crippen molar-refractivity contribution in [3.8, 4) is 5.75 Å². The molecule has 5 nitrogen and oxygen atoms in total. The topological polar surface area (TPSA) is 72.8 Å². The molecule has 116 valence electrons. The third kappa shape index (κ3) is 3.84. The zero-order chi connectivity index (χ0) is 16.4. The number of esters is 1. The van der Waals surface area contributed by atoms with Crippen LogP contribution in [0.1, 0.15) is 41.5 Å².